The Bertz CT molecular complexity index is 543. The number of rotatable bonds is 8. The van der Waals surface area contributed by atoms with Crippen molar-refractivity contribution in [3.05, 3.63) is 34.3 Å². The molecule has 0 saturated carbocycles. The normalized spacial score (nSPS) is 9.48. The van der Waals surface area contributed by atoms with Gasteiger partial charge in [-0.3, -0.25) is 14.4 Å². The van der Waals surface area contributed by atoms with Crippen LogP contribution in [-0.2, 0) is 9.59 Å². The maximum Gasteiger partial charge on any atom is 0.251 e. The fourth-order valence-electron chi connectivity index (χ4n) is 1.56. The molecule has 7 nitrogen and oxygen atoms in total. The van der Waals surface area contributed by atoms with Gasteiger partial charge in [0.1, 0.15) is 0 Å². The topological polar surface area (TPSA) is 113 Å². The van der Waals surface area contributed by atoms with Gasteiger partial charge < -0.3 is 21.7 Å². The number of hydrogen-bond acceptors (Lipinski definition) is 4. The van der Waals surface area contributed by atoms with Gasteiger partial charge in [-0.25, -0.2) is 0 Å². The minimum atomic E-state index is -0.378. The average molecular weight is 408 g/mol. The first-order valence-electron chi connectivity index (χ1n) is 6.80. The lowest BCUT2D eigenvalue weighted by Gasteiger charge is -2.07. The van der Waals surface area contributed by atoms with Crippen molar-refractivity contribution >= 4 is 46.1 Å². The molecule has 0 atom stereocenters. The molecule has 0 heterocycles. The Kier molecular flexibility index (Phi) is 11.0. The Labute approximate surface area is 149 Å². The number of hydrogen-bond donors (Lipinski definition) is 4. The lowest BCUT2D eigenvalue weighted by atomic mass is 10.2. The molecule has 1 rings (SSSR count). The predicted molar refractivity (Wildman–Crippen MR) is 93.4 cm³/mol. The molecule has 0 fully saturated rings. The van der Waals surface area contributed by atoms with Crippen LogP contribution in [0, 0.1) is 0 Å². The highest BCUT2D eigenvalue weighted by molar-refractivity contribution is 9.10. The zero-order valence-electron chi connectivity index (χ0n) is 12.4. The smallest absolute Gasteiger partial charge is 0.251 e. The molecule has 0 bridgehead atoms. The fourth-order valence-corrected chi connectivity index (χ4v) is 1.96. The van der Waals surface area contributed by atoms with Gasteiger partial charge in [0.25, 0.3) is 5.91 Å². The van der Waals surface area contributed by atoms with Crippen LogP contribution in [-0.4, -0.2) is 43.9 Å². The van der Waals surface area contributed by atoms with E-state index in [0.717, 1.165) is 4.47 Å². The van der Waals surface area contributed by atoms with Gasteiger partial charge in [-0.15, -0.1) is 12.4 Å². The molecule has 0 spiro atoms. The first-order valence-corrected chi connectivity index (χ1v) is 7.59. The highest BCUT2D eigenvalue weighted by Gasteiger charge is 2.05. The largest absolute Gasteiger partial charge is 0.355 e. The molecule has 1 aromatic rings. The third-order valence-corrected chi connectivity index (χ3v) is 3.17. The Morgan fingerprint density at radius 2 is 1.74 bits per heavy atom. The van der Waals surface area contributed by atoms with Crippen LogP contribution in [0.15, 0.2) is 28.7 Å². The molecule has 0 unspecified atom stereocenters. The van der Waals surface area contributed by atoms with Crippen LogP contribution in [0.25, 0.3) is 0 Å². The molecule has 0 aromatic heterocycles. The van der Waals surface area contributed by atoms with Gasteiger partial charge in [-0.05, 0) is 24.6 Å². The number of nitrogens with one attached hydrogen (secondary N) is 3. The molecule has 0 aliphatic heterocycles. The van der Waals surface area contributed by atoms with E-state index in [2.05, 4.69) is 31.9 Å². The first-order chi connectivity index (χ1) is 10.5. The van der Waals surface area contributed by atoms with Crippen LogP contribution >= 0.6 is 28.3 Å². The Morgan fingerprint density at radius 3 is 2.39 bits per heavy atom. The summed E-state index contributed by atoms with van der Waals surface area (Å²) in [5.41, 5.74) is 5.67. The number of halogens is 2. The van der Waals surface area contributed by atoms with Crippen molar-refractivity contribution in [2.24, 2.45) is 5.73 Å². The fraction of sp³-hybridized carbons (Fsp3) is 0.357. The average Bonchev–Trinajstić information content (AvgIpc) is 2.52. The van der Waals surface area contributed by atoms with Gasteiger partial charge >= 0.3 is 0 Å². The van der Waals surface area contributed by atoms with Crippen molar-refractivity contribution in [2.75, 3.05) is 26.2 Å². The molecule has 3 amide bonds. The van der Waals surface area contributed by atoms with E-state index in [-0.39, 0.29) is 43.2 Å². The summed E-state index contributed by atoms with van der Waals surface area (Å²) in [6.07, 6.45) is 0.594. The minimum Gasteiger partial charge on any atom is -0.355 e. The second-order valence-electron chi connectivity index (χ2n) is 4.45. The molecule has 5 N–H and O–H groups in total. The standard InChI is InChI=1S/C14H19BrN4O3.ClH/c15-11-4-1-3-10(7-11)14(22)18-6-2-5-17-13(21)9-19-12(20)8-16;/h1,3-4,7H,2,5-6,8-9,16H2,(H,17,21)(H,18,22)(H,19,20);1H. The van der Waals surface area contributed by atoms with Crippen molar-refractivity contribution in [3.8, 4) is 0 Å². The summed E-state index contributed by atoms with van der Waals surface area (Å²) in [6.45, 7) is 0.617. The number of nitrogens with two attached hydrogens (primary N) is 1. The first kappa shape index (κ1) is 21.4. The predicted octanol–water partition coefficient (Wildman–Crippen LogP) is 0.182. The monoisotopic (exact) mass is 406 g/mol. The zero-order valence-corrected chi connectivity index (χ0v) is 14.8. The van der Waals surface area contributed by atoms with Gasteiger partial charge in [-0.2, -0.15) is 0 Å². The third kappa shape index (κ3) is 9.17. The zero-order chi connectivity index (χ0) is 16.4. The van der Waals surface area contributed by atoms with Gasteiger partial charge in [0.2, 0.25) is 11.8 Å². The summed E-state index contributed by atoms with van der Waals surface area (Å²) in [5, 5.41) is 7.76. The Morgan fingerprint density at radius 1 is 1.04 bits per heavy atom. The van der Waals surface area contributed by atoms with Gasteiger partial charge in [0.05, 0.1) is 13.1 Å². The number of carbonyl (C=O) groups is 3. The highest BCUT2D eigenvalue weighted by atomic mass is 79.9. The van der Waals surface area contributed by atoms with E-state index in [1.807, 2.05) is 6.07 Å². The molecule has 0 aliphatic carbocycles. The van der Waals surface area contributed by atoms with E-state index in [1.165, 1.54) is 0 Å². The molecular formula is C14H20BrClN4O3. The van der Waals surface area contributed by atoms with E-state index < -0.39 is 0 Å². The van der Waals surface area contributed by atoms with Gasteiger partial charge in [-0.1, -0.05) is 22.0 Å². The van der Waals surface area contributed by atoms with Crippen LogP contribution in [0.1, 0.15) is 16.8 Å². The van der Waals surface area contributed by atoms with Crippen LogP contribution in [0.4, 0.5) is 0 Å². The lowest BCUT2D eigenvalue weighted by Crippen LogP contribution is -2.40. The van der Waals surface area contributed by atoms with Crippen molar-refractivity contribution in [2.45, 2.75) is 6.42 Å². The molecule has 0 radical (unpaired) electrons. The highest BCUT2D eigenvalue weighted by Crippen LogP contribution is 2.11. The maximum atomic E-state index is 11.8. The molecular weight excluding hydrogens is 388 g/mol. The van der Waals surface area contributed by atoms with Crippen molar-refractivity contribution in [1.82, 2.24) is 16.0 Å². The second-order valence-corrected chi connectivity index (χ2v) is 5.37. The van der Waals surface area contributed by atoms with Crippen LogP contribution in [0.3, 0.4) is 0 Å². The minimum absolute atomic E-state index is 0. The lowest BCUT2D eigenvalue weighted by molar-refractivity contribution is -0.125. The summed E-state index contributed by atoms with van der Waals surface area (Å²) in [5.74, 6) is -0.834. The van der Waals surface area contributed by atoms with E-state index in [0.29, 0.717) is 25.1 Å². The molecule has 0 saturated heterocycles. The maximum absolute atomic E-state index is 11.8. The molecule has 128 valence electrons. The molecule has 1 aromatic carbocycles. The van der Waals surface area contributed by atoms with E-state index in [9.17, 15) is 14.4 Å². The quantitative estimate of drug-likeness (QED) is 0.460. The number of carbonyl (C=O) groups excluding carboxylic acids is 3. The van der Waals surface area contributed by atoms with Crippen LogP contribution in [0.2, 0.25) is 0 Å². The number of benzene rings is 1. The van der Waals surface area contributed by atoms with Crippen molar-refractivity contribution in [1.29, 1.82) is 0 Å². The van der Waals surface area contributed by atoms with Crippen molar-refractivity contribution in [3.63, 3.8) is 0 Å². The SMILES string of the molecule is Cl.NCC(=O)NCC(=O)NCCCNC(=O)c1cccc(Br)c1. The van der Waals surface area contributed by atoms with E-state index >= 15 is 0 Å². The summed E-state index contributed by atoms with van der Waals surface area (Å²) in [4.78, 5) is 34.0. The van der Waals surface area contributed by atoms with Crippen LogP contribution in [0.5, 0.6) is 0 Å². The van der Waals surface area contributed by atoms with Gasteiger partial charge in [0.15, 0.2) is 0 Å². The summed E-state index contributed by atoms with van der Waals surface area (Å²) in [6, 6.07) is 7.09. The summed E-state index contributed by atoms with van der Waals surface area (Å²) < 4.78 is 0.840. The Balaban J connectivity index is 0.00000484. The van der Waals surface area contributed by atoms with Crippen molar-refractivity contribution < 1.29 is 14.4 Å². The van der Waals surface area contributed by atoms with Gasteiger partial charge in [0, 0.05) is 23.1 Å². The third-order valence-electron chi connectivity index (χ3n) is 2.68. The van der Waals surface area contributed by atoms with Crippen LogP contribution < -0.4 is 21.7 Å². The number of amides is 3. The Hall–Kier alpha value is -1.64. The summed E-state index contributed by atoms with van der Waals surface area (Å²) in [7, 11) is 0. The van der Waals surface area contributed by atoms with E-state index in [4.69, 9.17) is 5.73 Å². The second kappa shape index (κ2) is 11.9. The molecule has 9 heteroatoms. The van der Waals surface area contributed by atoms with E-state index in [1.54, 1.807) is 18.2 Å². The molecule has 23 heavy (non-hydrogen) atoms. The summed E-state index contributed by atoms with van der Waals surface area (Å²) >= 11 is 3.30. The molecule has 0 aliphatic rings.